The smallest absolute Gasteiger partial charge is 0.145 e. The van der Waals surface area contributed by atoms with Crippen LogP contribution in [0.25, 0.3) is 77.7 Å². The van der Waals surface area contributed by atoms with Crippen LogP contribution in [0.1, 0.15) is 24.2 Å². The lowest BCUT2D eigenvalue weighted by Gasteiger charge is -2.18. The van der Waals surface area contributed by atoms with Crippen molar-refractivity contribution in [2.75, 3.05) is 0 Å². The van der Waals surface area contributed by atoms with Gasteiger partial charge in [-0.3, -0.25) is 4.57 Å². The summed E-state index contributed by atoms with van der Waals surface area (Å²) in [5.41, 5.74) is 9.17. The lowest BCUT2D eigenvalue weighted by molar-refractivity contribution is 0.970. The number of nitrogens with zero attached hydrogens (tertiary/aromatic N) is 2. The molecular weight excluding hydrogens is 589 g/mol. The van der Waals surface area contributed by atoms with E-state index < -0.39 is 0 Å². The van der Waals surface area contributed by atoms with Crippen molar-refractivity contribution in [3.05, 3.63) is 163 Å². The molecule has 222 valence electrons. The number of rotatable bonds is 4. The van der Waals surface area contributed by atoms with Crippen LogP contribution >= 0.6 is 12.2 Å². The molecule has 1 aromatic heterocycles. The molecule has 3 heteroatoms. The highest BCUT2D eigenvalue weighted by Crippen LogP contribution is 2.45. The molecule has 1 heterocycles. The highest BCUT2D eigenvalue weighted by atomic mass is 32.1. The molecule has 9 rings (SSSR count). The third kappa shape index (κ3) is 4.46. The number of imidazole rings is 1. The highest BCUT2D eigenvalue weighted by molar-refractivity contribution is 7.80. The molecule has 0 N–H and O–H groups in total. The van der Waals surface area contributed by atoms with Crippen LogP contribution in [0.5, 0.6) is 0 Å². The molecular formula is C44H30N2S. The summed E-state index contributed by atoms with van der Waals surface area (Å²) < 4.78 is 2.28. The Morgan fingerprint density at radius 2 is 1.11 bits per heavy atom. The molecule has 1 aliphatic carbocycles. The van der Waals surface area contributed by atoms with Crippen molar-refractivity contribution in [3.63, 3.8) is 0 Å². The Labute approximate surface area is 279 Å². The zero-order chi connectivity index (χ0) is 31.5. The standard InChI is InChI=1S/C44H30N2S/c1-28-40(47)25-24-39-43(28)45-44(46(39)34-16-3-2-4-17-34)33-15-11-14-31(27-33)41-35-18-7-9-20-37(35)42(38-21-10-8-19-36(38)41)32-23-22-29-12-5-6-13-30(29)26-32/h2-28H,1H3. The normalized spacial score (nSPS) is 14.2. The van der Waals surface area contributed by atoms with Crippen molar-refractivity contribution >= 4 is 55.5 Å². The summed E-state index contributed by atoms with van der Waals surface area (Å²) >= 11 is 5.70. The molecule has 0 saturated carbocycles. The topological polar surface area (TPSA) is 17.8 Å². The zero-order valence-corrected chi connectivity index (χ0v) is 26.7. The monoisotopic (exact) mass is 618 g/mol. The lowest BCUT2D eigenvalue weighted by atomic mass is 9.85. The largest absolute Gasteiger partial charge is 0.293 e. The Morgan fingerprint density at radius 3 is 1.79 bits per heavy atom. The molecule has 1 aliphatic rings. The second kappa shape index (κ2) is 11.0. The number of hydrogen-bond acceptors (Lipinski definition) is 2. The van der Waals surface area contributed by atoms with E-state index in [0.29, 0.717) is 0 Å². The number of benzene rings is 7. The van der Waals surface area contributed by atoms with Gasteiger partial charge in [-0.1, -0.05) is 140 Å². The number of aromatic nitrogens is 2. The third-order valence-electron chi connectivity index (χ3n) is 9.58. The van der Waals surface area contributed by atoms with E-state index in [-0.39, 0.29) is 5.92 Å². The van der Waals surface area contributed by atoms with Gasteiger partial charge < -0.3 is 0 Å². The first kappa shape index (κ1) is 27.7. The average molecular weight is 619 g/mol. The molecule has 0 aliphatic heterocycles. The summed E-state index contributed by atoms with van der Waals surface area (Å²) in [6.07, 6.45) is 4.18. The fourth-order valence-electron chi connectivity index (χ4n) is 7.31. The van der Waals surface area contributed by atoms with Gasteiger partial charge in [0.05, 0.1) is 11.4 Å². The minimum absolute atomic E-state index is 0.0763. The van der Waals surface area contributed by atoms with Gasteiger partial charge in [0.1, 0.15) is 5.82 Å². The number of thiocarbonyl (C=S) groups is 1. The molecule has 2 nitrogen and oxygen atoms in total. The van der Waals surface area contributed by atoms with Crippen LogP contribution < -0.4 is 0 Å². The van der Waals surface area contributed by atoms with Gasteiger partial charge in [0.15, 0.2) is 0 Å². The number of fused-ring (bicyclic) bond motifs is 4. The second-order valence-electron chi connectivity index (χ2n) is 12.3. The highest BCUT2D eigenvalue weighted by Gasteiger charge is 2.26. The molecule has 0 radical (unpaired) electrons. The Hall–Kier alpha value is -5.64. The number of allylic oxidation sites excluding steroid dienone is 1. The van der Waals surface area contributed by atoms with Crippen molar-refractivity contribution < 1.29 is 0 Å². The second-order valence-corrected chi connectivity index (χ2v) is 12.8. The molecule has 1 unspecified atom stereocenters. The van der Waals surface area contributed by atoms with Crippen molar-refractivity contribution in [2.45, 2.75) is 12.8 Å². The van der Waals surface area contributed by atoms with Gasteiger partial charge in [0.25, 0.3) is 0 Å². The molecule has 0 spiro atoms. The van der Waals surface area contributed by atoms with E-state index in [2.05, 4.69) is 169 Å². The van der Waals surface area contributed by atoms with Gasteiger partial charge in [-0.25, -0.2) is 4.98 Å². The SMILES string of the molecule is CC1C(=S)C=Cc2c1nc(-c1cccc(-c3c4ccccc4c(-c4ccc5ccccc5c4)c4ccccc34)c1)n2-c1ccccc1. The van der Waals surface area contributed by atoms with E-state index >= 15 is 0 Å². The van der Waals surface area contributed by atoms with Gasteiger partial charge >= 0.3 is 0 Å². The summed E-state index contributed by atoms with van der Waals surface area (Å²) in [5.74, 6) is 0.998. The van der Waals surface area contributed by atoms with Crippen LogP contribution in [-0.2, 0) is 0 Å². The predicted octanol–water partition coefficient (Wildman–Crippen LogP) is 11.8. The van der Waals surface area contributed by atoms with Gasteiger partial charge in [-0.2, -0.15) is 0 Å². The van der Waals surface area contributed by atoms with Gasteiger partial charge in [-0.15, -0.1) is 0 Å². The third-order valence-corrected chi connectivity index (χ3v) is 10.1. The quantitative estimate of drug-likeness (QED) is 0.144. The first-order valence-electron chi connectivity index (χ1n) is 16.1. The van der Waals surface area contributed by atoms with Gasteiger partial charge in [0.2, 0.25) is 0 Å². The maximum absolute atomic E-state index is 5.70. The molecule has 47 heavy (non-hydrogen) atoms. The Bertz CT molecular complexity index is 2500. The zero-order valence-electron chi connectivity index (χ0n) is 25.9. The van der Waals surface area contributed by atoms with Gasteiger partial charge in [-0.05, 0) is 91.0 Å². The summed E-state index contributed by atoms with van der Waals surface area (Å²) in [4.78, 5) is 6.21. The summed E-state index contributed by atoms with van der Waals surface area (Å²) in [5, 5.41) is 7.46. The van der Waals surface area contributed by atoms with E-state index in [1.165, 1.54) is 54.6 Å². The fraction of sp³-hybridized carbons (Fsp3) is 0.0455. The van der Waals surface area contributed by atoms with Gasteiger partial charge in [0, 0.05) is 22.0 Å². The summed E-state index contributed by atoms with van der Waals surface area (Å²) in [6.45, 7) is 2.16. The van der Waals surface area contributed by atoms with E-state index in [1.54, 1.807) is 0 Å². The van der Waals surface area contributed by atoms with E-state index in [0.717, 1.165) is 33.3 Å². The molecule has 0 bridgehead atoms. The molecule has 7 aromatic carbocycles. The summed E-state index contributed by atoms with van der Waals surface area (Å²) in [6, 6.07) is 52.5. The van der Waals surface area contributed by atoms with Crippen molar-refractivity contribution in [1.82, 2.24) is 9.55 Å². The number of hydrogen-bond donors (Lipinski definition) is 0. The van der Waals surface area contributed by atoms with Crippen LogP contribution in [-0.4, -0.2) is 14.4 Å². The lowest BCUT2D eigenvalue weighted by Crippen LogP contribution is -2.11. The minimum atomic E-state index is 0.0763. The Morgan fingerprint density at radius 1 is 0.532 bits per heavy atom. The average Bonchev–Trinajstić information content (AvgIpc) is 3.53. The van der Waals surface area contributed by atoms with Crippen molar-refractivity contribution in [3.8, 4) is 39.3 Å². The van der Waals surface area contributed by atoms with Crippen LogP contribution in [0.3, 0.4) is 0 Å². The molecule has 0 fully saturated rings. The number of para-hydroxylation sites is 1. The first-order chi connectivity index (χ1) is 23.2. The molecule has 0 amide bonds. The van der Waals surface area contributed by atoms with Crippen LogP contribution in [0.2, 0.25) is 0 Å². The van der Waals surface area contributed by atoms with Crippen LogP contribution in [0.15, 0.2) is 152 Å². The summed E-state index contributed by atoms with van der Waals surface area (Å²) in [7, 11) is 0. The maximum Gasteiger partial charge on any atom is 0.145 e. The Kier molecular flexibility index (Phi) is 6.48. The van der Waals surface area contributed by atoms with E-state index in [4.69, 9.17) is 17.2 Å². The first-order valence-corrected chi connectivity index (χ1v) is 16.5. The van der Waals surface area contributed by atoms with Crippen LogP contribution in [0.4, 0.5) is 0 Å². The maximum atomic E-state index is 5.70. The fourth-order valence-corrected chi connectivity index (χ4v) is 7.49. The van der Waals surface area contributed by atoms with Crippen molar-refractivity contribution in [1.29, 1.82) is 0 Å². The molecule has 1 atom stereocenters. The predicted molar refractivity (Wildman–Crippen MR) is 202 cm³/mol. The van der Waals surface area contributed by atoms with Crippen LogP contribution in [0, 0.1) is 0 Å². The van der Waals surface area contributed by atoms with Crippen molar-refractivity contribution in [2.24, 2.45) is 0 Å². The van der Waals surface area contributed by atoms with E-state index in [1.807, 2.05) is 0 Å². The molecule has 0 saturated heterocycles. The Balaban J connectivity index is 1.30. The minimum Gasteiger partial charge on any atom is -0.293 e. The van der Waals surface area contributed by atoms with E-state index in [9.17, 15) is 0 Å². The molecule has 8 aromatic rings.